The molecule has 0 amide bonds. The molecule has 20 heavy (non-hydrogen) atoms. The maximum absolute atomic E-state index is 10.8. The number of carboxylic acid groups (broad SMARTS) is 1. The van der Waals surface area contributed by atoms with E-state index in [-0.39, 0.29) is 5.69 Å². The maximum Gasteiger partial charge on any atom is 0.358 e. The van der Waals surface area contributed by atoms with Crippen LogP contribution >= 0.6 is 0 Å². The van der Waals surface area contributed by atoms with Crippen molar-refractivity contribution < 1.29 is 9.90 Å². The van der Waals surface area contributed by atoms with Crippen molar-refractivity contribution in [2.75, 3.05) is 26.2 Å². The van der Waals surface area contributed by atoms with Crippen molar-refractivity contribution in [1.29, 1.82) is 0 Å². The van der Waals surface area contributed by atoms with Gasteiger partial charge in [0.25, 0.3) is 0 Å². The quantitative estimate of drug-likeness (QED) is 0.845. The zero-order valence-corrected chi connectivity index (χ0v) is 11.8. The Morgan fingerprint density at radius 1 is 1.45 bits per heavy atom. The van der Waals surface area contributed by atoms with Crippen LogP contribution in [0.25, 0.3) is 0 Å². The molecule has 2 unspecified atom stereocenters. The van der Waals surface area contributed by atoms with E-state index in [2.05, 4.69) is 27.0 Å². The molecule has 3 rings (SSSR count). The largest absolute Gasteiger partial charge is 0.476 e. The summed E-state index contributed by atoms with van der Waals surface area (Å²) in [5.74, 6) is -1.02. The highest BCUT2D eigenvalue weighted by Crippen LogP contribution is 2.24. The normalized spacial score (nSPS) is 27.6. The van der Waals surface area contributed by atoms with Gasteiger partial charge in [-0.2, -0.15) is 0 Å². The van der Waals surface area contributed by atoms with Gasteiger partial charge in [-0.3, -0.25) is 14.5 Å². The second kappa shape index (κ2) is 5.49. The van der Waals surface area contributed by atoms with Gasteiger partial charge >= 0.3 is 5.97 Å². The highest BCUT2D eigenvalue weighted by atomic mass is 16.4. The standard InChI is InChI=1S/C13H21N5O2/c1-10-7-17-4-2-3-11(17)8-16(10)5-6-18-9-12(13(19)20)14-15-18/h9-11H,2-8H2,1H3,(H,19,20). The first-order valence-electron chi connectivity index (χ1n) is 7.25. The minimum Gasteiger partial charge on any atom is -0.476 e. The van der Waals surface area contributed by atoms with Gasteiger partial charge in [-0.15, -0.1) is 5.10 Å². The minimum absolute atomic E-state index is 0.0126. The van der Waals surface area contributed by atoms with E-state index < -0.39 is 5.97 Å². The number of rotatable bonds is 4. The van der Waals surface area contributed by atoms with E-state index in [1.165, 1.54) is 25.6 Å². The summed E-state index contributed by atoms with van der Waals surface area (Å²) in [5, 5.41) is 16.3. The zero-order valence-electron chi connectivity index (χ0n) is 11.8. The average Bonchev–Trinajstić information content (AvgIpc) is 3.03. The van der Waals surface area contributed by atoms with Crippen molar-refractivity contribution in [2.45, 2.75) is 38.4 Å². The van der Waals surface area contributed by atoms with Crippen molar-refractivity contribution >= 4 is 5.97 Å². The molecule has 2 aliphatic rings. The molecule has 2 atom stereocenters. The molecule has 0 radical (unpaired) electrons. The molecule has 2 saturated heterocycles. The van der Waals surface area contributed by atoms with Gasteiger partial charge in [0.15, 0.2) is 5.69 Å². The molecule has 2 aliphatic heterocycles. The SMILES string of the molecule is CC1CN2CCCC2CN1CCn1cc(C(=O)O)nn1. The molecule has 7 nitrogen and oxygen atoms in total. The van der Waals surface area contributed by atoms with Crippen LogP contribution in [0.2, 0.25) is 0 Å². The van der Waals surface area contributed by atoms with Gasteiger partial charge in [0.2, 0.25) is 0 Å². The maximum atomic E-state index is 10.8. The van der Waals surface area contributed by atoms with Crippen molar-refractivity contribution in [1.82, 2.24) is 24.8 Å². The molecule has 0 saturated carbocycles. The van der Waals surface area contributed by atoms with Crippen LogP contribution in [-0.4, -0.2) is 74.1 Å². The van der Waals surface area contributed by atoms with Crippen molar-refractivity contribution in [3.8, 4) is 0 Å². The second-order valence-corrected chi connectivity index (χ2v) is 5.81. The summed E-state index contributed by atoms with van der Waals surface area (Å²) < 4.78 is 1.62. The molecule has 0 bridgehead atoms. The fraction of sp³-hybridized carbons (Fsp3) is 0.769. The van der Waals surface area contributed by atoms with E-state index in [9.17, 15) is 4.79 Å². The second-order valence-electron chi connectivity index (χ2n) is 5.81. The van der Waals surface area contributed by atoms with E-state index in [1.807, 2.05) is 0 Å². The monoisotopic (exact) mass is 279 g/mol. The number of nitrogens with zero attached hydrogens (tertiary/aromatic N) is 5. The molecule has 1 aromatic heterocycles. The lowest BCUT2D eigenvalue weighted by Crippen LogP contribution is -2.55. The van der Waals surface area contributed by atoms with Crippen molar-refractivity contribution in [2.24, 2.45) is 0 Å². The van der Waals surface area contributed by atoms with E-state index in [0.29, 0.717) is 18.6 Å². The Kier molecular flexibility index (Phi) is 3.71. The van der Waals surface area contributed by atoms with Crippen LogP contribution in [0.15, 0.2) is 6.20 Å². The Labute approximate surface area is 118 Å². The molecule has 7 heteroatoms. The van der Waals surface area contributed by atoms with Gasteiger partial charge in [0.1, 0.15) is 0 Å². The highest BCUT2D eigenvalue weighted by molar-refractivity contribution is 5.84. The summed E-state index contributed by atoms with van der Waals surface area (Å²) in [6, 6.07) is 1.25. The van der Waals surface area contributed by atoms with Gasteiger partial charge in [0.05, 0.1) is 12.7 Å². The molecule has 110 valence electrons. The molecule has 0 spiro atoms. The summed E-state index contributed by atoms with van der Waals surface area (Å²) in [4.78, 5) is 15.8. The summed E-state index contributed by atoms with van der Waals surface area (Å²) >= 11 is 0. The predicted octanol–water partition coefficient (Wildman–Crippen LogP) is 0.145. The number of aromatic carboxylic acids is 1. The molecule has 3 heterocycles. The first-order chi connectivity index (χ1) is 9.63. The Balaban J connectivity index is 1.55. The molecule has 2 fully saturated rings. The van der Waals surface area contributed by atoms with Crippen LogP contribution in [0.5, 0.6) is 0 Å². The molecule has 0 aromatic carbocycles. The zero-order chi connectivity index (χ0) is 14.1. The molecular formula is C13H21N5O2. The smallest absolute Gasteiger partial charge is 0.358 e. The van der Waals surface area contributed by atoms with Crippen LogP contribution in [-0.2, 0) is 6.54 Å². The van der Waals surface area contributed by atoms with Crippen LogP contribution < -0.4 is 0 Å². The number of hydrogen-bond donors (Lipinski definition) is 1. The first kappa shape index (κ1) is 13.5. The Morgan fingerprint density at radius 3 is 3.05 bits per heavy atom. The van der Waals surface area contributed by atoms with Gasteiger partial charge in [0, 0.05) is 31.7 Å². The van der Waals surface area contributed by atoms with Gasteiger partial charge in [-0.25, -0.2) is 4.79 Å². The number of fused-ring (bicyclic) bond motifs is 1. The predicted molar refractivity (Wildman–Crippen MR) is 72.6 cm³/mol. The van der Waals surface area contributed by atoms with E-state index in [1.54, 1.807) is 4.68 Å². The Hall–Kier alpha value is -1.47. The average molecular weight is 279 g/mol. The third-order valence-corrected chi connectivity index (χ3v) is 4.44. The number of carbonyl (C=O) groups is 1. The number of aromatic nitrogens is 3. The van der Waals surface area contributed by atoms with Crippen LogP contribution in [0, 0.1) is 0 Å². The van der Waals surface area contributed by atoms with Crippen LogP contribution in [0.3, 0.4) is 0 Å². The van der Waals surface area contributed by atoms with Gasteiger partial charge in [-0.1, -0.05) is 5.21 Å². The van der Waals surface area contributed by atoms with E-state index in [0.717, 1.165) is 19.6 Å². The summed E-state index contributed by atoms with van der Waals surface area (Å²) in [5.41, 5.74) is 0.0126. The first-order valence-corrected chi connectivity index (χ1v) is 7.25. The lowest BCUT2D eigenvalue weighted by molar-refractivity contribution is 0.0563. The van der Waals surface area contributed by atoms with Gasteiger partial charge in [-0.05, 0) is 26.3 Å². The Bertz CT molecular complexity index is 489. The third kappa shape index (κ3) is 2.69. The van der Waals surface area contributed by atoms with Crippen LogP contribution in [0.4, 0.5) is 0 Å². The van der Waals surface area contributed by atoms with Gasteiger partial charge < -0.3 is 5.11 Å². The summed E-state index contributed by atoms with van der Waals surface area (Å²) in [7, 11) is 0. The summed E-state index contributed by atoms with van der Waals surface area (Å²) in [6.45, 7) is 7.35. The number of hydrogen-bond acceptors (Lipinski definition) is 5. The van der Waals surface area contributed by atoms with E-state index in [4.69, 9.17) is 5.11 Å². The molecule has 1 N–H and O–H groups in total. The van der Waals surface area contributed by atoms with Crippen molar-refractivity contribution in [3.63, 3.8) is 0 Å². The molecule has 0 aliphatic carbocycles. The third-order valence-electron chi connectivity index (χ3n) is 4.44. The summed E-state index contributed by atoms with van der Waals surface area (Å²) in [6.07, 6.45) is 4.12. The lowest BCUT2D eigenvalue weighted by Gasteiger charge is -2.42. The van der Waals surface area contributed by atoms with Crippen molar-refractivity contribution in [3.05, 3.63) is 11.9 Å². The molecular weight excluding hydrogens is 258 g/mol. The number of piperazine rings is 1. The highest BCUT2D eigenvalue weighted by Gasteiger charge is 2.33. The van der Waals surface area contributed by atoms with E-state index >= 15 is 0 Å². The Morgan fingerprint density at radius 2 is 2.30 bits per heavy atom. The molecule has 1 aromatic rings. The lowest BCUT2D eigenvalue weighted by atomic mass is 10.1. The topological polar surface area (TPSA) is 74.5 Å². The number of carboxylic acids is 1. The van der Waals surface area contributed by atoms with Crippen LogP contribution in [0.1, 0.15) is 30.3 Å². The fourth-order valence-corrected chi connectivity index (χ4v) is 3.30. The minimum atomic E-state index is -1.02. The fourth-order valence-electron chi connectivity index (χ4n) is 3.30.